The normalized spacial score (nSPS) is 11.3. The van der Waals surface area contributed by atoms with Gasteiger partial charge in [0.05, 0.1) is 0 Å². The third-order valence-electron chi connectivity index (χ3n) is 3.67. The van der Waals surface area contributed by atoms with E-state index in [9.17, 15) is 0 Å². The molecule has 0 bridgehead atoms. The van der Waals surface area contributed by atoms with Crippen molar-refractivity contribution in [3.05, 3.63) is 59.7 Å². The summed E-state index contributed by atoms with van der Waals surface area (Å²) in [4.78, 5) is 0. The lowest BCUT2D eigenvalue weighted by molar-refractivity contribution is 0.217. The quantitative estimate of drug-likeness (QED) is 0.634. The molecular weight excluding hydrogens is 284 g/mol. The molecule has 2 rings (SSSR count). The average Bonchev–Trinajstić information content (AvgIpc) is 2.50. The number of aryl methyl sites for hydroxylation is 2. The topological polar surface area (TPSA) is 18.5 Å². The van der Waals surface area contributed by atoms with E-state index in [0.29, 0.717) is 18.6 Å². The van der Waals surface area contributed by atoms with Gasteiger partial charge in [-0.15, -0.1) is 0 Å². The van der Waals surface area contributed by atoms with Crippen molar-refractivity contribution in [1.29, 1.82) is 0 Å². The van der Waals surface area contributed by atoms with Crippen molar-refractivity contribution in [3.63, 3.8) is 0 Å². The summed E-state index contributed by atoms with van der Waals surface area (Å²) in [6, 6.07) is 16.5. The molecule has 0 fully saturated rings. The fraction of sp³-hybridized carbons (Fsp3) is 0.429. The van der Waals surface area contributed by atoms with Crippen LogP contribution in [0.25, 0.3) is 0 Å². The maximum Gasteiger partial charge on any atom is 0.122 e. The molecule has 0 aromatic heterocycles. The lowest BCUT2D eigenvalue weighted by Gasteiger charge is -2.18. The molecule has 0 atom stereocenters. The molecule has 0 radical (unpaired) electrons. The van der Waals surface area contributed by atoms with E-state index in [1.54, 1.807) is 0 Å². The monoisotopic (exact) mass is 312 g/mol. The Balaban J connectivity index is 1.77. The molecule has 0 unspecified atom stereocenters. The standard InChI is InChI=1S/C21H28O2/c1-17-7-5-9-19(15-17)22-13-14-23-20-10-6-8-18(16-20)11-12-21(2,3)4/h5-10,15-16H,11-14H2,1-4H3. The fourth-order valence-electron chi connectivity index (χ4n) is 2.33. The van der Waals surface area contributed by atoms with Gasteiger partial charge in [-0.1, -0.05) is 45.0 Å². The van der Waals surface area contributed by atoms with Gasteiger partial charge in [0.1, 0.15) is 24.7 Å². The zero-order valence-electron chi connectivity index (χ0n) is 14.8. The minimum Gasteiger partial charge on any atom is -0.490 e. The molecule has 124 valence electrons. The first-order valence-corrected chi connectivity index (χ1v) is 8.34. The summed E-state index contributed by atoms with van der Waals surface area (Å²) in [5, 5.41) is 0. The molecule has 0 N–H and O–H groups in total. The number of hydrogen-bond donors (Lipinski definition) is 0. The molecule has 2 aromatic rings. The Labute approximate surface area is 140 Å². The number of rotatable bonds is 7. The van der Waals surface area contributed by atoms with Gasteiger partial charge >= 0.3 is 0 Å². The number of hydrogen-bond acceptors (Lipinski definition) is 2. The Morgan fingerprint density at radius 3 is 2.04 bits per heavy atom. The lowest BCUT2D eigenvalue weighted by atomic mass is 9.89. The summed E-state index contributed by atoms with van der Waals surface area (Å²) >= 11 is 0. The molecule has 2 aromatic carbocycles. The third-order valence-corrected chi connectivity index (χ3v) is 3.67. The van der Waals surface area contributed by atoms with Gasteiger partial charge in [0.15, 0.2) is 0 Å². The van der Waals surface area contributed by atoms with Gasteiger partial charge in [0.25, 0.3) is 0 Å². The Morgan fingerprint density at radius 2 is 1.43 bits per heavy atom. The van der Waals surface area contributed by atoms with Crippen LogP contribution in [0.4, 0.5) is 0 Å². The van der Waals surface area contributed by atoms with E-state index in [0.717, 1.165) is 17.9 Å². The summed E-state index contributed by atoms with van der Waals surface area (Å²) in [5.74, 6) is 1.82. The van der Waals surface area contributed by atoms with Crippen LogP contribution in [0.5, 0.6) is 11.5 Å². The molecule has 0 aliphatic rings. The maximum absolute atomic E-state index is 5.81. The van der Waals surface area contributed by atoms with E-state index in [1.165, 1.54) is 17.5 Å². The van der Waals surface area contributed by atoms with Gasteiger partial charge in [-0.25, -0.2) is 0 Å². The van der Waals surface area contributed by atoms with Crippen LogP contribution in [0.3, 0.4) is 0 Å². The van der Waals surface area contributed by atoms with E-state index in [4.69, 9.17) is 9.47 Å². The Kier molecular flexibility index (Phi) is 6.09. The zero-order valence-corrected chi connectivity index (χ0v) is 14.8. The van der Waals surface area contributed by atoms with Crippen molar-refractivity contribution >= 4 is 0 Å². The van der Waals surface area contributed by atoms with Crippen molar-refractivity contribution in [2.24, 2.45) is 5.41 Å². The molecular formula is C21H28O2. The highest BCUT2D eigenvalue weighted by Gasteiger charge is 2.10. The smallest absolute Gasteiger partial charge is 0.122 e. The second-order valence-electron chi connectivity index (χ2n) is 7.22. The summed E-state index contributed by atoms with van der Waals surface area (Å²) in [6.07, 6.45) is 2.26. The molecule has 2 nitrogen and oxygen atoms in total. The Morgan fingerprint density at radius 1 is 0.826 bits per heavy atom. The van der Waals surface area contributed by atoms with E-state index in [2.05, 4.69) is 52.0 Å². The Hall–Kier alpha value is -1.96. The first-order chi connectivity index (χ1) is 10.9. The predicted molar refractivity (Wildman–Crippen MR) is 96.4 cm³/mol. The number of benzene rings is 2. The van der Waals surface area contributed by atoms with Gasteiger partial charge < -0.3 is 9.47 Å². The maximum atomic E-state index is 5.81. The SMILES string of the molecule is Cc1cccc(OCCOc2cccc(CCC(C)(C)C)c2)c1. The molecule has 2 heteroatoms. The highest BCUT2D eigenvalue weighted by molar-refractivity contribution is 5.29. The Bertz CT molecular complexity index is 611. The largest absolute Gasteiger partial charge is 0.490 e. The molecule has 0 saturated carbocycles. The van der Waals surface area contributed by atoms with Crippen LogP contribution in [0.2, 0.25) is 0 Å². The summed E-state index contributed by atoms with van der Waals surface area (Å²) < 4.78 is 11.5. The summed E-state index contributed by atoms with van der Waals surface area (Å²) in [5.41, 5.74) is 2.89. The van der Waals surface area contributed by atoms with Crippen molar-refractivity contribution in [2.75, 3.05) is 13.2 Å². The molecule has 23 heavy (non-hydrogen) atoms. The van der Waals surface area contributed by atoms with E-state index >= 15 is 0 Å². The highest BCUT2D eigenvalue weighted by atomic mass is 16.5. The molecule has 0 heterocycles. The second-order valence-corrected chi connectivity index (χ2v) is 7.22. The minimum atomic E-state index is 0.360. The molecule has 0 saturated heterocycles. The van der Waals surface area contributed by atoms with Crippen LogP contribution in [0.15, 0.2) is 48.5 Å². The lowest BCUT2D eigenvalue weighted by Crippen LogP contribution is -2.09. The summed E-state index contributed by atoms with van der Waals surface area (Å²) in [6.45, 7) is 9.99. The highest BCUT2D eigenvalue weighted by Crippen LogP contribution is 2.23. The molecule has 0 aliphatic heterocycles. The minimum absolute atomic E-state index is 0.360. The zero-order chi connectivity index (χ0) is 16.7. The average molecular weight is 312 g/mol. The molecule has 0 spiro atoms. The van der Waals surface area contributed by atoms with Gasteiger partial charge in [0, 0.05) is 0 Å². The van der Waals surface area contributed by atoms with Crippen molar-refractivity contribution < 1.29 is 9.47 Å². The predicted octanol–water partition coefficient (Wildman–Crippen LogP) is 5.43. The fourth-order valence-corrected chi connectivity index (χ4v) is 2.33. The van der Waals surface area contributed by atoms with Gasteiger partial charge in [-0.05, 0) is 60.6 Å². The number of ether oxygens (including phenoxy) is 2. The third kappa shape index (κ3) is 6.77. The summed E-state index contributed by atoms with van der Waals surface area (Å²) in [7, 11) is 0. The van der Waals surface area contributed by atoms with Gasteiger partial charge in [-0.3, -0.25) is 0 Å². The second kappa shape index (κ2) is 8.05. The van der Waals surface area contributed by atoms with Crippen LogP contribution < -0.4 is 9.47 Å². The molecule has 0 amide bonds. The van der Waals surface area contributed by atoms with E-state index in [-0.39, 0.29) is 0 Å². The van der Waals surface area contributed by atoms with E-state index in [1.807, 2.05) is 24.3 Å². The van der Waals surface area contributed by atoms with Crippen molar-refractivity contribution in [1.82, 2.24) is 0 Å². The van der Waals surface area contributed by atoms with Crippen LogP contribution in [0, 0.1) is 12.3 Å². The van der Waals surface area contributed by atoms with Crippen LogP contribution in [0.1, 0.15) is 38.3 Å². The van der Waals surface area contributed by atoms with Gasteiger partial charge in [0.2, 0.25) is 0 Å². The first kappa shape index (κ1) is 17.4. The van der Waals surface area contributed by atoms with Crippen LogP contribution in [-0.4, -0.2) is 13.2 Å². The van der Waals surface area contributed by atoms with E-state index < -0.39 is 0 Å². The van der Waals surface area contributed by atoms with Gasteiger partial charge in [-0.2, -0.15) is 0 Å². The van der Waals surface area contributed by atoms with Crippen LogP contribution in [-0.2, 0) is 6.42 Å². The van der Waals surface area contributed by atoms with Crippen molar-refractivity contribution in [2.45, 2.75) is 40.5 Å². The van der Waals surface area contributed by atoms with Crippen molar-refractivity contribution in [3.8, 4) is 11.5 Å². The molecule has 0 aliphatic carbocycles. The first-order valence-electron chi connectivity index (χ1n) is 8.34. The van der Waals surface area contributed by atoms with Crippen LogP contribution >= 0.6 is 0 Å².